The van der Waals surface area contributed by atoms with Crippen molar-refractivity contribution in [3.63, 3.8) is 0 Å². The third kappa shape index (κ3) is 7.08. The largest absolute Gasteiger partial charge is 0.484 e. The fourth-order valence-corrected chi connectivity index (χ4v) is 3.35. The van der Waals surface area contributed by atoms with Gasteiger partial charge < -0.3 is 20.1 Å². The minimum absolute atomic E-state index is 0.127. The first-order valence-electron chi connectivity index (χ1n) is 10.7. The summed E-state index contributed by atoms with van der Waals surface area (Å²) in [7, 11) is 0. The summed E-state index contributed by atoms with van der Waals surface area (Å²) in [5.41, 5.74) is 3.19. The molecular weight excluding hydrogens is 394 g/mol. The fourth-order valence-electron chi connectivity index (χ4n) is 3.35. The molecule has 3 rings (SSSR count). The van der Waals surface area contributed by atoms with Crippen molar-refractivity contribution < 1.29 is 19.1 Å². The van der Waals surface area contributed by atoms with Gasteiger partial charge in [-0.2, -0.15) is 0 Å². The maximum atomic E-state index is 12.6. The maximum absolute atomic E-state index is 12.6. The molecule has 0 saturated carbocycles. The average Bonchev–Trinajstić information content (AvgIpc) is 2.78. The van der Waals surface area contributed by atoms with E-state index in [1.807, 2.05) is 32.0 Å². The van der Waals surface area contributed by atoms with E-state index in [1.165, 1.54) is 5.56 Å². The van der Waals surface area contributed by atoms with Crippen LogP contribution in [0.4, 0.5) is 5.69 Å². The van der Waals surface area contributed by atoms with Gasteiger partial charge in [0.1, 0.15) is 5.75 Å². The van der Waals surface area contributed by atoms with Crippen LogP contribution >= 0.6 is 0 Å². The first-order chi connectivity index (χ1) is 15.0. The Morgan fingerprint density at radius 2 is 1.84 bits per heavy atom. The number of amides is 2. The molecule has 0 spiro atoms. The molecule has 2 aromatic carbocycles. The van der Waals surface area contributed by atoms with Gasteiger partial charge in [0.2, 0.25) is 0 Å². The first-order valence-corrected chi connectivity index (χ1v) is 10.7. The minimum atomic E-state index is -0.314. The lowest BCUT2D eigenvalue weighted by Gasteiger charge is -2.26. The predicted octanol–water partition coefficient (Wildman–Crippen LogP) is 2.77. The molecule has 2 amide bonds. The van der Waals surface area contributed by atoms with Crippen molar-refractivity contribution >= 4 is 17.5 Å². The predicted molar refractivity (Wildman–Crippen MR) is 121 cm³/mol. The van der Waals surface area contributed by atoms with Crippen LogP contribution in [0.15, 0.2) is 42.5 Å². The normalized spacial score (nSPS) is 14.1. The van der Waals surface area contributed by atoms with Crippen LogP contribution < -0.4 is 15.4 Å². The van der Waals surface area contributed by atoms with Gasteiger partial charge in [0.15, 0.2) is 6.61 Å². The van der Waals surface area contributed by atoms with Crippen LogP contribution in [0.3, 0.4) is 0 Å². The number of anilines is 1. The molecule has 7 heteroatoms. The average molecular weight is 426 g/mol. The monoisotopic (exact) mass is 425 g/mol. The lowest BCUT2D eigenvalue weighted by Crippen LogP contribution is -2.38. The highest BCUT2D eigenvalue weighted by Crippen LogP contribution is 2.17. The third-order valence-corrected chi connectivity index (χ3v) is 5.33. The first kappa shape index (κ1) is 22.8. The number of hydrogen-bond donors (Lipinski definition) is 2. The second-order valence-corrected chi connectivity index (χ2v) is 7.69. The van der Waals surface area contributed by atoms with Gasteiger partial charge in [-0.1, -0.05) is 18.2 Å². The van der Waals surface area contributed by atoms with Crippen LogP contribution in [0.1, 0.15) is 27.9 Å². The Morgan fingerprint density at radius 1 is 1.06 bits per heavy atom. The van der Waals surface area contributed by atoms with Gasteiger partial charge in [0.25, 0.3) is 11.8 Å². The molecule has 2 N–H and O–H groups in total. The van der Waals surface area contributed by atoms with E-state index in [2.05, 4.69) is 15.5 Å². The van der Waals surface area contributed by atoms with Crippen LogP contribution in [-0.2, 0) is 9.53 Å². The zero-order valence-corrected chi connectivity index (χ0v) is 18.3. The maximum Gasteiger partial charge on any atom is 0.262 e. The van der Waals surface area contributed by atoms with Crippen LogP contribution in [0.25, 0.3) is 0 Å². The highest BCUT2D eigenvalue weighted by Gasteiger charge is 2.14. The van der Waals surface area contributed by atoms with Gasteiger partial charge in [-0.15, -0.1) is 0 Å². The number of benzene rings is 2. The molecule has 166 valence electrons. The topological polar surface area (TPSA) is 79.9 Å². The van der Waals surface area contributed by atoms with Crippen LogP contribution in [0, 0.1) is 13.8 Å². The molecule has 1 aliphatic rings. The summed E-state index contributed by atoms with van der Waals surface area (Å²) in [6.45, 7) is 8.82. The van der Waals surface area contributed by atoms with Crippen LogP contribution in [-0.4, -0.2) is 62.7 Å². The summed E-state index contributed by atoms with van der Waals surface area (Å²) in [6.07, 6.45) is 0.865. The number of ether oxygens (including phenoxy) is 2. The smallest absolute Gasteiger partial charge is 0.262 e. The highest BCUT2D eigenvalue weighted by atomic mass is 16.5. The lowest BCUT2D eigenvalue weighted by molar-refractivity contribution is -0.118. The molecule has 1 fully saturated rings. The molecule has 0 radical (unpaired) electrons. The minimum Gasteiger partial charge on any atom is -0.484 e. The number of rotatable bonds is 9. The quantitative estimate of drug-likeness (QED) is 0.604. The molecule has 0 aliphatic carbocycles. The number of carbonyl (C=O) groups is 2. The Balaban J connectivity index is 1.47. The van der Waals surface area contributed by atoms with E-state index in [1.54, 1.807) is 24.3 Å². The molecule has 1 saturated heterocycles. The molecular formula is C24H31N3O4. The Kier molecular flexibility index (Phi) is 8.44. The Bertz CT molecular complexity index is 894. The molecule has 1 heterocycles. The molecule has 0 unspecified atom stereocenters. The summed E-state index contributed by atoms with van der Waals surface area (Å²) in [4.78, 5) is 27.3. The molecule has 1 aliphatic heterocycles. The van der Waals surface area contributed by atoms with E-state index in [9.17, 15) is 9.59 Å². The molecule has 0 aromatic heterocycles. The summed E-state index contributed by atoms with van der Waals surface area (Å²) in [5, 5.41) is 5.73. The van der Waals surface area contributed by atoms with E-state index in [0.29, 0.717) is 23.5 Å². The molecule has 2 aromatic rings. The number of nitrogens with one attached hydrogen (secondary N) is 2. The molecule has 0 bridgehead atoms. The second kappa shape index (κ2) is 11.5. The van der Waals surface area contributed by atoms with E-state index in [0.717, 1.165) is 44.8 Å². The summed E-state index contributed by atoms with van der Waals surface area (Å²) in [5.74, 6) is 0.128. The number of hydrogen-bond acceptors (Lipinski definition) is 5. The van der Waals surface area contributed by atoms with Crippen molar-refractivity contribution in [2.24, 2.45) is 0 Å². The number of morpholine rings is 1. The van der Waals surface area contributed by atoms with Crippen LogP contribution in [0.5, 0.6) is 5.75 Å². The Hall–Kier alpha value is -2.90. The highest BCUT2D eigenvalue weighted by molar-refractivity contribution is 6.04. The van der Waals surface area contributed by atoms with Crippen LogP contribution in [0.2, 0.25) is 0 Å². The van der Waals surface area contributed by atoms with Crippen molar-refractivity contribution in [1.29, 1.82) is 0 Å². The van der Waals surface area contributed by atoms with E-state index in [-0.39, 0.29) is 18.4 Å². The SMILES string of the molecule is Cc1ccc(OCC(=O)Nc2ccccc2C(=O)NCCCN2CCOCC2)cc1C. The van der Waals surface area contributed by atoms with E-state index in [4.69, 9.17) is 9.47 Å². The molecule has 7 nitrogen and oxygen atoms in total. The van der Waals surface area contributed by atoms with Gasteiger partial charge in [-0.3, -0.25) is 14.5 Å². The Morgan fingerprint density at radius 3 is 2.61 bits per heavy atom. The number of aryl methyl sites for hydroxylation is 2. The summed E-state index contributed by atoms with van der Waals surface area (Å²) >= 11 is 0. The van der Waals surface area contributed by atoms with E-state index >= 15 is 0 Å². The number of para-hydroxylation sites is 1. The number of nitrogens with zero attached hydrogens (tertiary/aromatic N) is 1. The molecule has 0 atom stereocenters. The fraction of sp³-hybridized carbons (Fsp3) is 0.417. The summed E-state index contributed by atoms with van der Waals surface area (Å²) < 4.78 is 10.9. The Labute approximate surface area is 183 Å². The van der Waals surface area contributed by atoms with Crippen molar-refractivity contribution in [3.05, 3.63) is 59.2 Å². The summed E-state index contributed by atoms with van der Waals surface area (Å²) in [6, 6.07) is 12.7. The van der Waals surface area contributed by atoms with Gasteiger partial charge in [-0.25, -0.2) is 0 Å². The number of carbonyl (C=O) groups excluding carboxylic acids is 2. The lowest BCUT2D eigenvalue weighted by atomic mass is 10.1. The van der Waals surface area contributed by atoms with Gasteiger partial charge in [0.05, 0.1) is 24.5 Å². The van der Waals surface area contributed by atoms with Crippen molar-refractivity contribution in [2.45, 2.75) is 20.3 Å². The van der Waals surface area contributed by atoms with Gasteiger partial charge >= 0.3 is 0 Å². The van der Waals surface area contributed by atoms with Crippen molar-refractivity contribution in [3.8, 4) is 5.75 Å². The zero-order chi connectivity index (χ0) is 22.1. The van der Waals surface area contributed by atoms with Crippen molar-refractivity contribution in [1.82, 2.24) is 10.2 Å². The third-order valence-electron chi connectivity index (χ3n) is 5.33. The standard InChI is InChI=1S/C24H31N3O4/c1-18-8-9-20(16-19(18)2)31-17-23(28)26-22-7-4-3-6-21(22)24(29)25-10-5-11-27-12-14-30-15-13-27/h3-4,6-9,16H,5,10-15,17H2,1-2H3,(H,25,29)(H,26,28). The van der Waals surface area contributed by atoms with E-state index < -0.39 is 0 Å². The van der Waals surface area contributed by atoms with Gasteiger partial charge in [0, 0.05) is 19.6 Å². The van der Waals surface area contributed by atoms with Gasteiger partial charge in [-0.05, 0) is 62.2 Å². The van der Waals surface area contributed by atoms with Crippen molar-refractivity contribution in [2.75, 3.05) is 51.3 Å². The second-order valence-electron chi connectivity index (χ2n) is 7.69. The zero-order valence-electron chi connectivity index (χ0n) is 18.3. The molecule has 31 heavy (non-hydrogen) atoms.